The first-order chi connectivity index (χ1) is 16.2. The Kier molecular flexibility index (Phi) is 5.52. The van der Waals surface area contributed by atoms with Crippen molar-refractivity contribution in [2.45, 2.75) is 19.1 Å². The second-order valence-electron chi connectivity index (χ2n) is 7.81. The predicted molar refractivity (Wildman–Crippen MR) is 124 cm³/mol. The van der Waals surface area contributed by atoms with Crippen LogP contribution in [-0.2, 0) is 13.1 Å². The number of para-hydroxylation sites is 1. The van der Waals surface area contributed by atoms with E-state index in [4.69, 9.17) is 13.9 Å². The number of urea groups is 1. The van der Waals surface area contributed by atoms with E-state index in [2.05, 4.69) is 28.1 Å². The predicted octanol–water partition coefficient (Wildman–Crippen LogP) is 4.90. The molecular weight excluding hydrogens is 418 g/mol. The molecule has 7 nitrogen and oxygen atoms in total. The average Bonchev–Trinajstić information content (AvgIpc) is 3.52. The molecule has 4 aromatic rings. The van der Waals surface area contributed by atoms with Crippen LogP contribution >= 0.6 is 0 Å². The summed E-state index contributed by atoms with van der Waals surface area (Å²) in [5.41, 5.74) is 4.03. The maximum atomic E-state index is 13.6. The summed E-state index contributed by atoms with van der Waals surface area (Å²) in [7, 11) is 3.22. The number of furan rings is 1. The van der Waals surface area contributed by atoms with E-state index >= 15 is 0 Å². The highest BCUT2D eigenvalue weighted by Gasteiger charge is 2.33. The topological polar surface area (TPSA) is 68.9 Å². The van der Waals surface area contributed by atoms with Crippen LogP contribution in [-0.4, -0.2) is 29.7 Å². The Morgan fingerprint density at radius 3 is 2.67 bits per heavy atom. The maximum absolute atomic E-state index is 13.6. The fourth-order valence-corrected chi connectivity index (χ4v) is 4.39. The van der Waals surface area contributed by atoms with E-state index in [0.29, 0.717) is 30.3 Å². The zero-order chi connectivity index (χ0) is 22.8. The third-order valence-electron chi connectivity index (χ3n) is 5.94. The normalized spacial score (nSPS) is 14.7. The molecule has 168 valence electrons. The van der Waals surface area contributed by atoms with Gasteiger partial charge in [0.15, 0.2) is 11.5 Å². The van der Waals surface area contributed by atoms with Gasteiger partial charge in [0.25, 0.3) is 0 Å². The molecule has 2 aromatic heterocycles. The van der Waals surface area contributed by atoms with Crippen LogP contribution in [0.25, 0.3) is 5.69 Å². The van der Waals surface area contributed by atoms with Crippen molar-refractivity contribution in [1.82, 2.24) is 14.8 Å². The fraction of sp³-hybridized carbons (Fsp3) is 0.192. The third-order valence-corrected chi connectivity index (χ3v) is 5.94. The number of nitrogens with one attached hydrogen (secondary N) is 1. The summed E-state index contributed by atoms with van der Waals surface area (Å²) in [6.45, 7) is 0.754. The van der Waals surface area contributed by atoms with E-state index in [0.717, 1.165) is 22.5 Å². The first kappa shape index (κ1) is 20.8. The molecule has 1 unspecified atom stereocenters. The molecule has 0 spiro atoms. The Hall–Kier alpha value is -4.13. The summed E-state index contributed by atoms with van der Waals surface area (Å²) in [4.78, 5) is 15.4. The van der Waals surface area contributed by atoms with Gasteiger partial charge in [0.05, 0.1) is 45.3 Å². The molecule has 7 heteroatoms. The highest BCUT2D eigenvalue weighted by molar-refractivity contribution is 5.76. The number of amides is 2. The number of methoxy groups -OCH3 is 2. The number of fused-ring (bicyclic) bond motifs is 3. The van der Waals surface area contributed by atoms with Crippen molar-refractivity contribution in [3.05, 3.63) is 102 Å². The summed E-state index contributed by atoms with van der Waals surface area (Å²) in [6, 6.07) is 21.1. The number of hydrogen-bond acceptors (Lipinski definition) is 4. The van der Waals surface area contributed by atoms with Gasteiger partial charge in [-0.1, -0.05) is 24.3 Å². The second kappa shape index (κ2) is 8.78. The van der Waals surface area contributed by atoms with Crippen LogP contribution < -0.4 is 14.8 Å². The molecule has 33 heavy (non-hydrogen) atoms. The number of rotatable bonds is 5. The number of hydrogen-bond donors (Lipinski definition) is 1. The number of carbonyl (C=O) groups excluding carboxylic acids is 1. The number of carbonyl (C=O) groups is 1. The standard InChI is InChI=1S/C26H25N3O4/c1-31-23-12-11-18(15-24(23)32-2)25-22-10-5-13-28(22)21-9-4-3-7-19(21)17-29(25)26(30)27-16-20-8-6-14-33-20/h3-15,25H,16-17H2,1-2H3,(H,27,30). The summed E-state index contributed by atoms with van der Waals surface area (Å²) >= 11 is 0. The molecule has 1 N–H and O–H groups in total. The van der Waals surface area contributed by atoms with Crippen LogP contribution in [0.15, 0.2) is 83.6 Å². The van der Waals surface area contributed by atoms with Gasteiger partial charge in [-0.3, -0.25) is 0 Å². The second-order valence-corrected chi connectivity index (χ2v) is 7.81. The lowest BCUT2D eigenvalue weighted by Crippen LogP contribution is -2.41. The van der Waals surface area contributed by atoms with Crippen molar-refractivity contribution in [1.29, 1.82) is 0 Å². The Morgan fingerprint density at radius 2 is 1.88 bits per heavy atom. The molecule has 0 radical (unpaired) electrons. The van der Waals surface area contributed by atoms with Gasteiger partial charge in [-0.15, -0.1) is 0 Å². The molecule has 3 heterocycles. The van der Waals surface area contributed by atoms with Gasteiger partial charge in [-0.2, -0.15) is 0 Å². The highest BCUT2D eigenvalue weighted by atomic mass is 16.5. The average molecular weight is 444 g/mol. The maximum Gasteiger partial charge on any atom is 0.318 e. The van der Waals surface area contributed by atoms with E-state index in [9.17, 15) is 4.79 Å². The van der Waals surface area contributed by atoms with Gasteiger partial charge in [-0.05, 0) is 53.6 Å². The summed E-state index contributed by atoms with van der Waals surface area (Å²) < 4.78 is 18.5. The molecule has 0 aliphatic carbocycles. The van der Waals surface area contributed by atoms with Crippen LogP contribution in [0.1, 0.15) is 28.6 Å². The van der Waals surface area contributed by atoms with Crippen molar-refractivity contribution in [2.75, 3.05) is 14.2 Å². The van der Waals surface area contributed by atoms with Gasteiger partial charge < -0.3 is 28.7 Å². The Balaban J connectivity index is 1.61. The van der Waals surface area contributed by atoms with E-state index in [-0.39, 0.29) is 12.1 Å². The first-order valence-electron chi connectivity index (χ1n) is 10.7. The molecule has 1 aliphatic rings. The molecule has 0 bridgehead atoms. The Bertz CT molecular complexity index is 1260. The largest absolute Gasteiger partial charge is 0.493 e. The van der Waals surface area contributed by atoms with Crippen LogP contribution in [0.5, 0.6) is 11.5 Å². The van der Waals surface area contributed by atoms with Crippen LogP contribution in [0, 0.1) is 0 Å². The van der Waals surface area contributed by atoms with E-state index in [1.54, 1.807) is 20.5 Å². The van der Waals surface area contributed by atoms with Crippen molar-refractivity contribution in [3.63, 3.8) is 0 Å². The van der Waals surface area contributed by atoms with E-state index in [1.807, 2.05) is 59.6 Å². The van der Waals surface area contributed by atoms with Gasteiger partial charge >= 0.3 is 6.03 Å². The fourth-order valence-electron chi connectivity index (χ4n) is 4.39. The molecular formula is C26H25N3O4. The lowest BCUT2D eigenvalue weighted by molar-refractivity contribution is 0.179. The molecule has 5 rings (SSSR count). The van der Waals surface area contributed by atoms with Crippen LogP contribution in [0.4, 0.5) is 4.79 Å². The van der Waals surface area contributed by atoms with Gasteiger partial charge in [0, 0.05) is 11.9 Å². The van der Waals surface area contributed by atoms with Crippen molar-refractivity contribution >= 4 is 6.03 Å². The minimum atomic E-state index is -0.344. The van der Waals surface area contributed by atoms with E-state index < -0.39 is 0 Å². The lowest BCUT2D eigenvalue weighted by atomic mass is 10.0. The monoisotopic (exact) mass is 443 g/mol. The van der Waals surface area contributed by atoms with Crippen molar-refractivity contribution in [2.24, 2.45) is 0 Å². The van der Waals surface area contributed by atoms with E-state index in [1.165, 1.54) is 0 Å². The minimum Gasteiger partial charge on any atom is -0.493 e. The molecule has 2 amide bonds. The van der Waals surface area contributed by atoms with Gasteiger partial charge in [0.1, 0.15) is 5.76 Å². The highest BCUT2D eigenvalue weighted by Crippen LogP contribution is 2.39. The first-order valence-corrected chi connectivity index (χ1v) is 10.7. The Morgan fingerprint density at radius 1 is 1.03 bits per heavy atom. The molecule has 1 aliphatic heterocycles. The third kappa shape index (κ3) is 3.82. The summed E-state index contributed by atoms with van der Waals surface area (Å²) in [5.74, 6) is 1.96. The minimum absolute atomic E-state index is 0.185. The lowest BCUT2D eigenvalue weighted by Gasteiger charge is -2.31. The quantitative estimate of drug-likeness (QED) is 0.476. The smallest absolute Gasteiger partial charge is 0.318 e. The molecule has 1 atom stereocenters. The van der Waals surface area contributed by atoms with Crippen molar-refractivity contribution in [3.8, 4) is 17.2 Å². The van der Waals surface area contributed by atoms with Crippen LogP contribution in [0.3, 0.4) is 0 Å². The molecule has 0 saturated carbocycles. The zero-order valence-electron chi connectivity index (χ0n) is 18.5. The molecule has 0 fully saturated rings. The summed E-state index contributed by atoms with van der Waals surface area (Å²) in [6.07, 6.45) is 3.63. The van der Waals surface area contributed by atoms with Crippen molar-refractivity contribution < 1.29 is 18.7 Å². The zero-order valence-corrected chi connectivity index (χ0v) is 18.5. The molecule has 0 saturated heterocycles. The molecule has 2 aromatic carbocycles. The number of aromatic nitrogens is 1. The van der Waals surface area contributed by atoms with Gasteiger partial charge in [-0.25, -0.2) is 4.79 Å². The number of nitrogens with zero attached hydrogens (tertiary/aromatic N) is 2. The number of benzene rings is 2. The Labute approximate surface area is 192 Å². The number of ether oxygens (including phenoxy) is 2. The van der Waals surface area contributed by atoms with Gasteiger partial charge in [0.2, 0.25) is 0 Å². The van der Waals surface area contributed by atoms with Crippen LogP contribution in [0.2, 0.25) is 0 Å². The SMILES string of the molecule is COc1ccc(C2c3cccn3-c3ccccc3CN2C(=O)NCc2ccco2)cc1OC. The summed E-state index contributed by atoms with van der Waals surface area (Å²) in [5, 5.41) is 3.02.